The minimum atomic E-state index is -2.21. The van der Waals surface area contributed by atoms with Crippen molar-refractivity contribution in [3.8, 4) is 5.75 Å². The maximum absolute atomic E-state index is 14.2. The van der Waals surface area contributed by atoms with E-state index in [2.05, 4.69) is 4.99 Å². The van der Waals surface area contributed by atoms with Gasteiger partial charge in [-0.25, -0.2) is 22.0 Å². The standard InChI is InChI=1S/C27H26F5NOS/c1-26(2,3)15-11-14(24(34)16(12-15)27(4,5)6)13-33-17-9-7-8-10-18(17)35-25-22(31)20(29)19(28)21(30)23(25)32/h7-13,34H,1-6H3. The summed E-state index contributed by atoms with van der Waals surface area (Å²) in [6.07, 6.45) is 1.43. The fraction of sp³-hybridized carbons (Fsp3) is 0.296. The normalized spacial score (nSPS) is 12.5. The molecule has 2 nitrogen and oxygen atoms in total. The van der Waals surface area contributed by atoms with E-state index in [1.807, 2.05) is 53.7 Å². The molecule has 0 saturated carbocycles. The van der Waals surface area contributed by atoms with Crippen LogP contribution in [0.3, 0.4) is 0 Å². The van der Waals surface area contributed by atoms with Crippen LogP contribution in [-0.4, -0.2) is 11.3 Å². The van der Waals surface area contributed by atoms with Crippen LogP contribution in [-0.2, 0) is 10.8 Å². The zero-order valence-corrected chi connectivity index (χ0v) is 21.1. The Balaban J connectivity index is 2.09. The summed E-state index contributed by atoms with van der Waals surface area (Å²) in [5.74, 6) is -9.98. The Hall–Kier alpha value is -2.87. The van der Waals surface area contributed by atoms with E-state index in [0.29, 0.717) is 17.3 Å². The SMILES string of the molecule is CC(C)(C)c1cc(C=Nc2ccccc2Sc2c(F)c(F)c(F)c(F)c2F)c(O)c(C(C)(C)C)c1. The van der Waals surface area contributed by atoms with Crippen LogP contribution in [0.5, 0.6) is 5.75 Å². The molecule has 1 N–H and O–H groups in total. The number of phenolic OH excluding ortho intramolecular Hbond substituents is 1. The number of para-hydroxylation sites is 1. The van der Waals surface area contributed by atoms with Crippen LogP contribution in [0, 0.1) is 29.1 Å². The number of halogens is 5. The van der Waals surface area contributed by atoms with Gasteiger partial charge in [0.05, 0.1) is 10.6 Å². The van der Waals surface area contributed by atoms with Crippen molar-refractivity contribution in [2.75, 3.05) is 0 Å². The van der Waals surface area contributed by atoms with E-state index < -0.39 is 34.0 Å². The van der Waals surface area contributed by atoms with Gasteiger partial charge in [-0.1, -0.05) is 71.5 Å². The van der Waals surface area contributed by atoms with Gasteiger partial charge in [-0.05, 0) is 34.6 Å². The first kappa shape index (κ1) is 26.7. The lowest BCUT2D eigenvalue weighted by molar-refractivity contribution is 0.361. The summed E-state index contributed by atoms with van der Waals surface area (Å²) in [6, 6.07) is 9.96. The average molecular weight is 508 g/mol. The predicted octanol–water partition coefficient (Wildman–Crippen LogP) is 8.58. The van der Waals surface area contributed by atoms with Crippen LogP contribution in [0.1, 0.15) is 58.2 Å². The maximum Gasteiger partial charge on any atom is 0.200 e. The molecule has 0 radical (unpaired) electrons. The first-order valence-electron chi connectivity index (χ1n) is 10.8. The van der Waals surface area contributed by atoms with Crippen LogP contribution in [0.25, 0.3) is 0 Å². The third-order valence-corrected chi connectivity index (χ3v) is 6.53. The van der Waals surface area contributed by atoms with E-state index >= 15 is 0 Å². The number of hydrogen-bond donors (Lipinski definition) is 1. The Morgan fingerprint density at radius 3 is 1.86 bits per heavy atom. The smallest absolute Gasteiger partial charge is 0.200 e. The van der Waals surface area contributed by atoms with Gasteiger partial charge in [0, 0.05) is 22.2 Å². The first-order chi connectivity index (χ1) is 16.1. The van der Waals surface area contributed by atoms with Gasteiger partial charge in [-0.15, -0.1) is 0 Å². The van der Waals surface area contributed by atoms with Gasteiger partial charge < -0.3 is 5.11 Å². The van der Waals surface area contributed by atoms with Gasteiger partial charge in [-0.2, -0.15) is 0 Å². The highest BCUT2D eigenvalue weighted by atomic mass is 32.2. The molecule has 0 bridgehead atoms. The minimum absolute atomic E-state index is 0.0548. The van der Waals surface area contributed by atoms with Crippen molar-refractivity contribution >= 4 is 23.7 Å². The predicted molar refractivity (Wildman–Crippen MR) is 130 cm³/mol. The number of phenols is 1. The fourth-order valence-corrected chi connectivity index (χ4v) is 4.28. The fourth-order valence-electron chi connectivity index (χ4n) is 3.33. The van der Waals surface area contributed by atoms with E-state index in [4.69, 9.17) is 0 Å². The summed E-state index contributed by atoms with van der Waals surface area (Å²) in [6.45, 7) is 12.1. The van der Waals surface area contributed by atoms with E-state index in [0.717, 1.165) is 11.1 Å². The summed E-state index contributed by atoms with van der Waals surface area (Å²) in [4.78, 5) is 3.55. The number of aromatic hydroxyl groups is 1. The van der Waals surface area contributed by atoms with Gasteiger partial charge in [0.1, 0.15) is 5.75 Å². The number of benzene rings is 3. The van der Waals surface area contributed by atoms with Gasteiger partial charge >= 0.3 is 0 Å². The second-order valence-corrected chi connectivity index (χ2v) is 11.2. The molecule has 3 aromatic rings. The van der Waals surface area contributed by atoms with E-state index in [1.165, 1.54) is 12.3 Å². The largest absolute Gasteiger partial charge is 0.507 e. The van der Waals surface area contributed by atoms with E-state index in [-0.39, 0.29) is 27.2 Å². The highest BCUT2D eigenvalue weighted by Crippen LogP contribution is 2.41. The summed E-state index contributed by atoms with van der Waals surface area (Å²) >= 11 is 0.386. The molecule has 0 atom stereocenters. The van der Waals surface area contributed by atoms with Crippen LogP contribution >= 0.6 is 11.8 Å². The molecule has 3 rings (SSSR count). The van der Waals surface area contributed by atoms with Crippen molar-refractivity contribution in [2.45, 2.75) is 62.2 Å². The van der Waals surface area contributed by atoms with Crippen molar-refractivity contribution in [3.05, 3.63) is 82.2 Å². The number of hydrogen-bond acceptors (Lipinski definition) is 3. The molecule has 0 fully saturated rings. The molecule has 0 heterocycles. The molecule has 0 spiro atoms. The molecule has 0 aliphatic rings. The molecule has 0 saturated heterocycles. The molecule has 35 heavy (non-hydrogen) atoms. The summed E-state index contributed by atoms with van der Waals surface area (Å²) in [5.41, 5.74) is 1.82. The van der Waals surface area contributed by atoms with E-state index in [1.54, 1.807) is 18.2 Å². The lowest BCUT2D eigenvalue weighted by Crippen LogP contribution is -2.17. The van der Waals surface area contributed by atoms with Gasteiger partial charge in [0.25, 0.3) is 0 Å². The highest BCUT2D eigenvalue weighted by Gasteiger charge is 2.27. The molecule has 0 aromatic heterocycles. The van der Waals surface area contributed by atoms with Crippen molar-refractivity contribution in [1.82, 2.24) is 0 Å². The highest BCUT2D eigenvalue weighted by molar-refractivity contribution is 7.99. The molecule has 0 unspecified atom stereocenters. The zero-order chi connectivity index (χ0) is 26.3. The Labute approximate surface area is 205 Å². The summed E-state index contributed by atoms with van der Waals surface area (Å²) in [7, 11) is 0. The Bertz CT molecular complexity index is 1280. The van der Waals surface area contributed by atoms with Crippen molar-refractivity contribution in [3.63, 3.8) is 0 Å². The molecule has 0 aliphatic carbocycles. The van der Waals surface area contributed by atoms with Crippen LogP contribution in [0.2, 0.25) is 0 Å². The number of nitrogens with zero attached hydrogens (tertiary/aromatic N) is 1. The van der Waals surface area contributed by atoms with Crippen LogP contribution in [0.15, 0.2) is 51.2 Å². The quantitative estimate of drug-likeness (QED) is 0.166. The second-order valence-electron chi connectivity index (χ2n) is 10.2. The molecule has 0 amide bonds. The zero-order valence-electron chi connectivity index (χ0n) is 20.2. The second kappa shape index (κ2) is 9.64. The van der Waals surface area contributed by atoms with Gasteiger partial charge in [0.2, 0.25) is 5.82 Å². The molecular weight excluding hydrogens is 481 g/mol. The van der Waals surface area contributed by atoms with Crippen molar-refractivity contribution < 1.29 is 27.1 Å². The molecule has 8 heteroatoms. The van der Waals surface area contributed by atoms with Gasteiger partial charge in [-0.3, -0.25) is 4.99 Å². The lowest BCUT2D eigenvalue weighted by atomic mass is 9.79. The monoisotopic (exact) mass is 507 g/mol. The number of aliphatic imine (C=N–C) groups is 1. The molecule has 186 valence electrons. The Morgan fingerprint density at radius 2 is 1.31 bits per heavy atom. The lowest BCUT2D eigenvalue weighted by Gasteiger charge is -2.27. The van der Waals surface area contributed by atoms with Crippen LogP contribution in [0.4, 0.5) is 27.6 Å². The maximum atomic E-state index is 14.2. The molecule has 0 aliphatic heterocycles. The molecule has 3 aromatic carbocycles. The third kappa shape index (κ3) is 5.53. The van der Waals surface area contributed by atoms with Crippen molar-refractivity contribution in [1.29, 1.82) is 0 Å². The minimum Gasteiger partial charge on any atom is -0.507 e. The first-order valence-corrected chi connectivity index (χ1v) is 11.6. The van der Waals surface area contributed by atoms with Gasteiger partial charge in [0.15, 0.2) is 23.3 Å². The topological polar surface area (TPSA) is 32.6 Å². The molecular formula is C27H26F5NOS. The Kier molecular flexibility index (Phi) is 7.37. The van der Waals surface area contributed by atoms with Crippen molar-refractivity contribution in [2.24, 2.45) is 4.99 Å². The summed E-state index contributed by atoms with van der Waals surface area (Å²) < 4.78 is 69.2. The van der Waals surface area contributed by atoms with Crippen LogP contribution < -0.4 is 0 Å². The summed E-state index contributed by atoms with van der Waals surface area (Å²) in [5, 5.41) is 10.9. The Morgan fingerprint density at radius 1 is 0.771 bits per heavy atom. The third-order valence-electron chi connectivity index (χ3n) is 5.40. The average Bonchev–Trinajstić information content (AvgIpc) is 2.77. The van der Waals surface area contributed by atoms with E-state index in [9.17, 15) is 27.1 Å². The number of rotatable bonds is 4.